The van der Waals surface area contributed by atoms with Crippen LogP contribution in [0.1, 0.15) is 16.1 Å². The zero-order valence-electron chi connectivity index (χ0n) is 18.0. The zero-order valence-corrected chi connectivity index (χ0v) is 20.3. The number of hydrogen-bond acceptors (Lipinski definition) is 7. The van der Waals surface area contributed by atoms with Crippen molar-refractivity contribution in [3.8, 4) is 0 Å². The van der Waals surface area contributed by atoms with Gasteiger partial charge in [-0.15, -0.1) is 11.3 Å². The number of carbonyl (C=O) groups excluding carboxylic acids is 3. The van der Waals surface area contributed by atoms with Gasteiger partial charge in [0.15, 0.2) is 5.13 Å². The van der Waals surface area contributed by atoms with Gasteiger partial charge in [0.1, 0.15) is 6.54 Å². The molecule has 0 aliphatic carbocycles. The number of hydrogen-bond donors (Lipinski definition) is 1. The minimum absolute atomic E-state index is 0.0299. The number of anilines is 1. The van der Waals surface area contributed by atoms with Gasteiger partial charge in [-0.2, -0.15) is 0 Å². The number of carbonyl (C=O) groups is 3. The number of amides is 3. The molecule has 3 rings (SSSR count). The van der Waals surface area contributed by atoms with Crippen LogP contribution >= 0.6 is 34.5 Å². The number of ether oxygens (including phenoxy) is 2. The number of benzene rings is 1. The number of methoxy groups -OCH3 is 1. The summed E-state index contributed by atoms with van der Waals surface area (Å²) in [6.45, 7) is 2.41. The van der Waals surface area contributed by atoms with Gasteiger partial charge < -0.3 is 24.6 Å². The minimum Gasteiger partial charge on any atom is -0.383 e. The summed E-state index contributed by atoms with van der Waals surface area (Å²) < 4.78 is 10.3. The smallest absolute Gasteiger partial charge is 0.255 e. The van der Waals surface area contributed by atoms with Gasteiger partial charge in [-0.3, -0.25) is 14.4 Å². The molecule has 178 valence electrons. The van der Waals surface area contributed by atoms with E-state index in [2.05, 4.69) is 10.3 Å². The van der Waals surface area contributed by atoms with Gasteiger partial charge >= 0.3 is 0 Å². The van der Waals surface area contributed by atoms with Crippen molar-refractivity contribution in [2.45, 2.75) is 6.42 Å². The molecule has 1 aliphatic heterocycles. The summed E-state index contributed by atoms with van der Waals surface area (Å²) in [4.78, 5) is 45.3. The molecule has 9 nitrogen and oxygen atoms in total. The van der Waals surface area contributed by atoms with Crippen LogP contribution in [0, 0.1) is 0 Å². The average molecular weight is 515 g/mol. The molecule has 1 aromatic carbocycles. The van der Waals surface area contributed by atoms with Gasteiger partial charge in [0.25, 0.3) is 5.91 Å². The average Bonchev–Trinajstić information content (AvgIpc) is 3.23. The first-order chi connectivity index (χ1) is 15.9. The summed E-state index contributed by atoms with van der Waals surface area (Å²) in [5.41, 5.74) is 0.815. The molecule has 0 saturated carbocycles. The van der Waals surface area contributed by atoms with Crippen LogP contribution in [0.25, 0.3) is 0 Å². The van der Waals surface area contributed by atoms with E-state index in [1.807, 2.05) is 0 Å². The molecule has 33 heavy (non-hydrogen) atoms. The molecule has 0 spiro atoms. The van der Waals surface area contributed by atoms with Crippen LogP contribution in [0.4, 0.5) is 5.13 Å². The number of nitrogens with zero attached hydrogens (tertiary/aromatic N) is 3. The lowest BCUT2D eigenvalue weighted by Gasteiger charge is -2.26. The van der Waals surface area contributed by atoms with Gasteiger partial charge in [0.05, 0.1) is 42.5 Å². The van der Waals surface area contributed by atoms with Gasteiger partial charge in [0.2, 0.25) is 11.8 Å². The summed E-state index contributed by atoms with van der Waals surface area (Å²) in [5, 5.41) is 5.38. The molecule has 0 bridgehead atoms. The fourth-order valence-electron chi connectivity index (χ4n) is 3.14. The Hall–Kier alpha value is -2.24. The standard InChI is InChI=1S/C21H24Cl2N4O5S/c1-31-7-4-27(20(30)16-3-2-14(22)10-17(16)23)12-18(28)25-21-24-15(13-33-21)11-19(29)26-5-8-32-9-6-26/h2-3,10,13H,4-9,11-12H2,1H3,(H,24,25,28). The molecular formula is C21H24Cl2N4O5S. The number of halogens is 2. The molecule has 1 fully saturated rings. The third kappa shape index (κ3) is 7.38. The Kier molecular flexibility index (Phi) is 9.45. The molecular weight excluding hydrogens is 491 g/mol. The molecule has 2 heterocycles. The summed E-state index contributed by atoms with van der Waals surface area (Å²) in [6, 6.07) is 4.55. The molecule has 0 unspecified atom stereocenters. The van der Waals surface area contributed by atoms with Crippen molar-refractivity contribution in [1.29, 1.82) is 0 Å². The Morgan fingerprint density at radius 1 is 1.27 bits per heavy atom. The van der Waals surface area contributed by atoms with E-state index in [1.165, 1.54) is 35.5 Å². The van der Waals surface area contributed by atoms with Gasteiger partial charge in [-0.25, -0.2) is 4.98 Å². The zero-order chi connectivity index (χ0) is 23.8. The summed E-state index contributed by atoms with van der Waals surface area (Å²) in [6.07, 6.45) is 0.153. The third-order valence-corrected chi connectivity index (χ3v) is 6.20. The number of morpholine rings is 1. The first kappa shape index (κ1) is 25.4. The van der Waals surface area contributed by atoms with E-state index in [9.17, 15) is 14.4 Å². The minimum atomic E-state index is -0.426. The lowest BCUT2D eigenvalue weighted by atomic mass is 10.2. The third-order valence-electron chi connectivity index (χ3n) is 4.84. The van der Waals surface area contributed by atoms with E-state index in [4.69, 9.17) is 32.7 Å². The van der Waals surface area contributed by atoms with Crippen LogP contribution in [0.2, 0.25) is 10.0 Å². The number of rotatable bonds is 9. The Morgan fingerprint density at radius 2 is 2.03 bits per heavy atom. The SMILES string of the molecule is COCCN(CC(=O)Nc1nc(CC(=O)N2CCOCC2)cs1)C(=O)c1ccc(Cl)cc1Cl. The van der Waals surface area contributed by atoms with Gasteiger partial charge in [-0.05, 0) is 18.2 Å². The molecule has 2 aromatic rings. The predicted octanol–water partition coefficient (Wildman–Crippen LogP) is 2.58. The van der Waals surface area contributed by atoms with Crippen LogP contribution < -0.4 is 5.32 Å². The van der Waals surface area contributed by atoms with E-state index < -0.39 is 11.8 Å². The number of thiazole rings is 1. The van der Waals surface area contributed by atoms with Gasteiger partial charge in [0, 0.05) is 37.1 Å². The highest BCUT2D eigenvalue weighted by Crippen LogP contribution is 2.22. The molecule has 0 atom stereocenters. The molecule has 3 amide bonds. The van der Waals surface area contributed by atoms with Crippen LogP contribution in [0.5, 0.6) is 0 Å². The Labute approximate surface area is 205 Å². The van der Waals surface area contributed by atoms with Crippen molar-refractivity contribution in [3.63, 3.8) is 0 Å². The van der Waals surface area contributed by atoms with E-state index in [0.717, 1.165) is 0 Å². The van der Waals surface area contributed by atoms with E-state index in [-0.39, 0.29) is 42.6 Å². The fraction of sp³-hybridized carbons (Fsp3) is 0.429. The molecule has 1 aromatic heterocycles. The second kappa shape index (κ2) is 12.3. The topological polar surface area (TPSA) is 101 Å². The molecule has 1 saturated heterocycles. The van der Waals surface area contributed by atoms with Crippen LogP contribution in [0.3, 0.4) is 0 Å². The lowest BCUT2D eigenvalue weighted by Crippen LogP contribution is -2.41. The maximum absolute atomic E-state index is 12.9. The van der Waals surface area contributed by atoms with Crippen LogP contribution in [-0.4, -0.2) is 85.6 Å². The number of nitrogens with one attached hydrogen (secondary N) is 1. The monoisotopic (exact) mass is 514 g/mol. The maximum Gasteiger partial charge on any atom is 0.255 e. The first-order valence-electron chi connectivity index (χ1n) is 10.2. The predicted molar refractivity (Wildman–Crippen MR) is 126 cm³/mol. The molecule has 12 heteroatoms. The van der Waals surface area contributed by atoms with Crippen LogP contribution in [0.15, 0.2) is 23.6 Å². The van der Waals surface area contributed by atoms with Crippen molar-refractivity contribution in [1.82, 2.24) is 14.8 Å². The fourth-order valence-corrected chi connectivity index (χ4v) is 4.36. The summed E-state index contributed by atoms with van der Waals surface area (Å²) in [5.74, 6) is -0.873. The highest BCUT2D eigenvalue weighted by molar-refractivity contribution is 7.13. The number of aromatic nitrogens is 1. The molecule has 1 N–H and O–H groups in total. The maximum atomic E-state index is 12.9. The summed E-state index contributed by atoms with van der Waals surface area (Å²) in [7, 11) is 1.51. The van der Waals surface area contributed by atoms with Crippen molar-refractivity contribution in [2.24, 2.45) is 0 Å². The second-order valence-corrected chi connectivity index (χ2v) is 8.91. The van der Waals surface area contributed by atoms with Gasteiger partial charge in [-0.1, -0.05) is 23.2 Å². The van der Waals surface area contributed by atoms with E-state index in [0.29, 0.717) is 42.2 Å². The van der Waals surface area contributed by atoms with E-state index in [1.54, 1.807) is 16.3 Å². The van der Waals surface area contributed by atoms with Crippen molar-refractivity contribution in [3.05, 3.63) is 44.9 Å². The lowest BCUT2D eigenvalue weighted by molar-refractivity contribution is -0.134. The Bertz CT molecular complexity index is 997. The summed E-state index contributed by atoms with van der Waals surface area (Å²) >= 11 is 13.3. The van der Waals surface area contributed by atoms with Crippen LogP contribution in [-0.2, 0) is 25.5 Å². The quantitative estimate of drug-likeness (QED) is 0.551. The van der Waals surface area contributed by atoms with Crippen molar-refractivity contribution in [2.75, 3.05) is 58.4 Å². The molecule has 1 aliphatic rings. The molecule has 0 radical (unpaired) electrons. The van der Waals surface area contributed by atoms with E-state index >= 15 is 0 Å². The second-order valence-electron chi connectivity index (χ2n) is 7.21. The normalized spacial score (nSPS) is 13.6. The largest absolute Gasteiger partial charge is 0.383 e. The first-order valence-corrected chi connectivity index (χ1v) is 11.8. The Balaban J connectivity index is 1.59. The highest BCUT2D eigenvalue weighted by Gasteiger charge is 2.22. The van der Waals surface area contributed by atoms with Crippen molar-refractivity contribution < 1.29 is 23.9 Å². The Morgan fingerprint density at radius 3 is 2.73 bits per heavy atom. The van der Waals surface area contributed by atoms with Crippen molar-refractivity contribution >= 4 is 57.4 Å². The highest BCUT2D eigenvalue weighted by atomic mass is 35.5.